The van der Waals surface area contributed by atoms with Crippen LogP contribution in [-0.4, -0.2) is 67.9 Å². The van der Waals surface area contributed by atoms with Crippen LogP contribution in [0.2, 0.25) is 0 Å². The van der Waals surface area contributed by atoms with Crippen molar-refractivity contribution in [2.24, 2.45) is 10.4 Å². The minimum atomic E-state index is -0.0264. The van der Waals surface area contributed by atoms with Crippen molar-refractivity contribution >= 4 is 35.8 Å². The van der Waals surface area contributed by atoms with Gasteiger partial charge in [-0.3, -0.25) is 4.79 Å². The maximum Gasteiger partial charge on any atom is 0.253 e. The highest BCUT2D eigenvalue weighted by atomic mass is 127. The number of halogens is 1. The van der Waals surface area contributed by atoms with E-state index in [-0.39, 0.29) is 41.9 Å². The van der Waals surface area contributed by atoms with Gasteiger partial charge in [0, 0.05) is 50.4 Å². The Morgan fingerprint density at radius 2 is 1.94 bits per heavy atom. The lowest BCUT2D eigenvalue weighted by molar-refractivity contribution is 0.0724. The molecule has 2 saturated heterocycles. The van der Waals surface area contributed by atoms with Gasteiger partial charge in [-0.2, -0.15) is 0 Å². The van der Waals surface area contributed by atoms with Crippen molar-refractivity contribution in [3.05, 3.63) is 35.4 Å². The maximum absolute atomic E-state index is 12.6. The summed E-state index contributed by atoms with van der Waals surface area (Å²) in [6, 6.07) is 7.80. The predicted molar refractivity (Wildman–Crippen MR) is 134 cm³/mol. The Labute approximate surface area is 203 Å². The summed E-state index contributed by atoms with van der Waals surface area (Å²) in [7, 11) is 0. The van der Waals surface area contributed by atoms with Gasteiger partial charge in [0.25, 0.3) is 5.91 Å². The summed E-state index contributed by atoms with van der Waals surface area (Å²) in [5, 5.41) is 16.1. The summed E-state index contributed by atoms with van der Waals surface area (Å²) >= 11 is 0. The fraction of sp³-hybridized carbons (Fsp3) is 0.652. The van der Waals surface area contributed by atoms with Crippen molar-refractivity contribution in [2.45, 2.75) is 45.6 Å². The van der Waals surface area contributed by atoms with Crippen LogP contribution in [0.5, 0.6) is 0 Å². The monoisotopic (exact) mass is 544 g/mol. The first-order valence-electron chi connectivity index (χ1n) is 11.2. The van der Waals surface area contributed by atoms with E-state index in [9.17, 15) is 9.90 Å². The number of piperidine rings is 1. The quantitative estimate of drug-likeness (QED) is 0.266. The Hall–Kier alpha value is -1.39. The number of aliphatic hydroxyl groups excluding tert-OH is 1. The van der Waals surface area contributed by atoms with Gasteiger partial charge in [-0.15, -0.1) is 24.0 Å². The van der Waals surface area contributed by atoms with Gasteiger partial charge < -0.3 is 25.4 Å². The molecular formula is C23H37IN4O3. The first kappa shape index (κ1) is 25.9. The van der Waals surface area contributed by atoms with Crippen molar-refractivity contribution in [3.8, 4) is 0 Å². The van der Waals surface area contributed by atoms with E-state index in [1.54, 1.807) is 0 Å². The smallest absolute Gasteiger partial charge is 0.253 e. The second kappa shape index (κ2) is 13.2. The Balaban J connectivity index is 0.00000341. The van der Waals surface area contributed by atoms with Crippen molar-refractivity contribution in [1.82, 2.24) is 15.5 Å². The zero-order valence-electron chi connectivity index (χ0n) is 18.6. The highest BCUT2D eigenvalue weighted by Gasteiger charge is 2.34. The van der Waals surface area contributed by atoms with E-state index >= 15 is 0 Å². The molecule has 2 aliphatic rings. The lowest BCUT2D eigenvalue weighted by Gasteiger charge is -2.27. The average molecular weight is 544 g/mol. The van der Waals surface area contributed by atoms with E-state index in [0.29, 0.717) is 13.2 Å². The largest absolute Gasteiger partial charge is 0.396 e. The second-order valence-corrected chi connectivity index (χ2v) is 8.37. The molecule has 3 N–H and O–H groups in total. The number of hydrogen-bond donors (Lipinski definition) is 3. The van der Waals surface area contributed by atoms with Crippen LogP contribution in [0.1, 0.15) is 54.9 Å². The normalized spacial score (nSPS) is 21.5. The van der Waals surface area contributed by atoms with E-state index in [1.165, 1.54) is 6.42 Å². The summed E-state index contributed by atoms with van der Waals surface area (Å²) in [4.78, 5) is 19.3. The maximum atomic E-state index is 12.6. The molecule has 174 valence electrons. The third-order valence-corrected chi connectivity index (χ3v) is 6.07. The highest BCUT2D eigenvalue weighted by molar-refractivity contribution is 14.0. The van der Waals surface area contributed by atoms with Gasteiger partial charge in [0.1, 0.15) is 0 Å². The lowest BCUT2D eigenvalue weighted by atomic mass is 9.84. The number of benzene rings is 1. The van der Waals surface area contributed by atoms with Gasteiger partial charge in [0.2, 0.25) is 0 Å². The number of ether oxygens (including phenoxy) is 1. The van der Waals surface area contributed by atoms with Crippen LogP contribution in [0, 0.1) is 5.41 Å². The average Bonchev–Trinajstić information content (AvgIpc) is 3.25. The Morgan fingerprint density at radius 1 is 1.19 bits per heavy atom. The van der Waals surface area contributed by atoms with Gasteiger partial charge in [-0.25, -0.2) is 4.99 Å². The van der Waals surface area contributed by atoms with Gasteiger partial charge >= 0.3 is 0 Å². The molecular weight excluding hydrogens is 507 g/mol. The third kappa shape index (κ3) is 7.61. The molecule has 0 radical (unpaired) electrons. The summed E-state index contributed by atoms with van der Waals surface area (Å²) in [5.74, 6) is 0.892. The number of nitrogens with one attached hydrogen (secondary N) is 2. The molecule has 0 spiro atoms. The first-order valence-corrected chi connectivity index (χ1v) is 11.2. The number of nitrogens with zero attached hydrogens (tertiary/aromatic N) is 2. The molecule has 0 aromatic heterocycles. The van der Waals surface area contributed by atoms with Gasteiger partial charge in [-0.1, -0.05) is 12.1 Å². The molecule has 2 fully saturated rings. The molecule has 1 unspecified atom stereocenters. The standard InChI is InChI=1S/C23H36N4O3.HI/c1-2-24-22(26-17-23(10-14-28)11-15-30-18-23)25-16-19-6-8-20(9-7-19)21(29)27-12-4-3-5-13-27;/h6-9,28H,2-5,10-18H2,1H3,(H2,24,25,26);1H. The van der Waals surface area contributed by atoms with Crippen molar-refractivity contribution in [2.75, 3.05) is 46.0 Å². The number of amides is 1. The molecule has 31 heavy (non-hydrogen) atoms. The van der Waals surface area contributed by atoms with E-state index in [2.05, 4.69) is 10.6 Å². The Kier molecular flexibility index (Phi) is 11.0. The van der Waals surface area contributed by atoms with E-state index in [0.717, 1.165) is 75.6 Å². The van der Waals surface area contributed by atoms with Gasteiger partial charge in [0.05, 0.1) is 13.2 Å². The van der Waals surface area contributed by atoms with Crippen molar-refractivity contribution in [3.63, 3.8) is 0 Å². The second-order valence-electron chi connectivity index (χ2n) is 8.37. The van der Waals surface area contributed by atoms with Crippen LogP contribution in [0.3, 0.4) is 0 Å². The molecule has 2 heterocycles. The molecule has 1 aromatic rings. The predicted octanol–water partition coefficient (Wildman–Crippen LogP) is 2.77. The summed E-state index contributed by atoms with van der Waals surface area (Å²) in [6.45, 7) is 7.40. The molecule has 7 nitrogen and oxygen atoms in total. The molecule has 8 heteroatoms. The van der Waals surface area contributed by atoms with E-state index in [4.69, 9.17) is 9.73 Å². The molecule has 3 rings (SSSR count). The topological polar surface area (TPSA) is 86.2 Å². The number of aliphatic hydroxyl groups is 1. The molecule has 2 aliphatic heterocycles. The zero-order valence-corrected chi connectivity index (χ0v) is 20.9. The molecule has 0 aliphatic carbocycles. The Morgan fingerprint density at radius 3 is 2.55 bits per heavy atom. The van der Waals surface area contributed by atoms with Crippen LogP contribution >= 0.6 is 24.0 Å². The first-order chi connectivity index (χ1) is 14.7. The number of guanidine groups is 1. The fourth-order valence-electron chi connectivity index (χ4n) is 4.13. The summed E-state index contributed by atoms with van der Waals surface area (Å²) in [6.07, 6.45) is 5.10. The van der Waals surface area contributed by atoms with Crippen LogP contribution in [0.4, 0.5) is 0 Å². The Bertz CT molecular complexity index is 699. The number of carbonyl (C=O) groups is 1. The number of likely N-dealkylation sites (tertiary alicyclic amines) is 1. The van der Waals surface area contributed by atoms with Crippen LogP contribution in [0.15, 0.2) is 29.3 Å². The lowest BCUT2D eigenvalue weighted by Crippen LogP contribution is -2.44. The molecule has 1 amide bonds. The summed E-state index contributed by atoms with van der Waals surface area (Å²) < 4.78 is 5.57. The number of hydrogen-bond acceptors (Lipinski definition) is 4. The van der Waals surface area contributed by atoms with E-state index in [1.807, 2.05) is 36.1 Å². The van der Waals surface area contributed by atoms with Crippen molar-refractivity contribution in [1.29, 1.82) is 0 Å². The number of carbonyl (C=O) groups excluding carboxylic acids is 1. The number of rotatable bonds is 8. The zero-order chi connectivity index (χ0) is 21.2. The SMILES string of the molecule is CCNC(=NCc1ccc(C(=O)N2CCCCC2)cc1)NCC1(CCO)CCOC1.I. The van der Waals surface area contributed by atoms with E-state index < -0.39 is 0 Å². The molecule has 0 saturated carbocycles. The van der Waals surface area contributed by atoms with Crippen LogP contribution in [0.25, 0.3) is 0 Å². The molecule has 0 bridgehead atoms. The van der Waals surface area contributed by atoms with Crippen LogP contribution in [-0.2, 0) is 11.3 Å². The van der Waals surface area contributed by atoms with Gasteiger partial charge in [-0.05, 0) is 56.7 Å². The molecule has 1 aromatic carbocycles. The number of aliphatic imine (C=N–C) groups is 1. The summed E-state index contributed by atoms with van der Waals surface area (Å²) in [5.41, 5.74) is 1.79. The minimum Gasteiger partial charge on any atom is -0.396 e. The van der Waals surface area contributed by atoms with Crippen molar-refractivity contribution < 1.29 is 14.6 Å². The fourth-order valence-corrected chi connectivity index (χ4v) is 4.13. The highest BCUT2D eigenvalue weighted by Crippen LogP contribution is 2.31. The van der Waals surface area contributed by atoms with Crippen LogP contribution < -0.4 is 10.6 Å². The molecule has 1 atom stereocenters. The van der Waals surface area contributed by atoms with Gasteiger partial charge in [0.15, 0.2) is 5.96 Å². The third-order valence-electron chi connectivity index (χ3n) is 6.07. The minimum absolute atomic E-state index is 0.